The minimum Gasteiger partial charge on any atom is -0.444 e. The molecule has 0 bridgehead atoms. The van der Waals surface area contributed by atoms with Gasteiger partial charge in [-0.15, -0.1) is 12.4 Å². The predicted molar refractivity (Wildman–Crippen MR) is 141 cm³/mol. The number of hydrogen-bond donors (Lipinski definition) is 2. The maximum Gasteiger partial charge on any atom is 0.407 e. The Labute approximate surface area is 214 Å². The topological polar surface area (TPSA) is 72.1 Å². The van der Waals surface area contributed by atoms with E-state index in [1.165, 1.54) is 58.0 Å². The Bertz CT molecular complexity index is 536. The quantitative estimate of drug-likeness (QED) is 0.531. The van der Waals surface area contributed by atoms with Crippen LogP contribution in [0.5, 0.6) is 0 Å². The first-order valence-electron chi connectivity index (χ1n) is 13.2. The molecule has 0 radical (unpaired) electrons. The molecule has 1 aliphatic carbocycles. The molecule has 202 valence electrons. The average molecular weight is 506 g/mol. The zero-order chi connectivity index (χ0) is 24.1. The molecule has 2 N–H and O–H groups in total. The molecular formula is C26H52ClN3O4. The molecular weight excluding hydrogens is 454 g/mol. The third-order valence-electron chi connectivity index (χ3n) is 6.91. The molecule has 0 spiro atoms. The van der Waals surface area contributed by atoms with Gasteiger partial charge in [0.15, 0.2) is 0 Å². The number of carbonyl (C=O) groups is 1. The number of ether oxygens (including phenoxy) is 3. The number of carbonyl (C=O) groups excluding carboxylic acids is 1. The zero-order valence-electron chi connectivity index (χ0n) is 22.4. The van der Waals surface area contributed by atoms with Crippen LogP contribution in [0, 0.1) is 17.8 Å². The Morgan fingerprint density at radius 3 is 2.29 bits per heavy atom. The SMILES string of the molecule is COCC1CCCN(C[C@@H]2CCCC[C@H]2NC(=O)OC(C)(C)C)C1.COCC1CCCNC1.Cl. The number of alkyl carbamates (subject to hydrolysis) is 1. The van der Waals surface area contributed by atoms with Gasteiger partial charge in [-0.3, -0.25) is 0 Å². The number of nitrogens with zero attached hydrogens (tertiary/aromatic N) is 1. The summed E-state index contributed by atoms with van der Waals surface area (Å²) in [5, 5.41) is 6.48. The van der Waals surface area contributed by atoms with Crippen molar-refractivity contribution in [3.63, 3.8) is 0 Å². The summed E-state index contributed by atoms with van der Waals surface area (Å²) in [6.45, 7) is 13.2. The van der Waals surface area contributed by atoms with Crippen LogP contribution in [0.3, 0.4) is 0 Å². The summed E-state index contributed by atoms with van der Waals surface area (Å²) in [6, 6.07) is 0.247. The summed E-state index contributed by atoms with van der Waals surface area (Å²) in [5.41, 5.74) is -0.436. The van der Waals surface area contributed by atoms with Crippen molar-refractivity contribution in [2.24, 2.45) is 17.8 Å². The first-order valence-corrected chi connectivity index (χ1v) is 13.2. The number of halogens is 1. The highest BCUT2D eigenvalue weighted by Crippen LogP contribution is 2.27. The summed E-state index contributed by atoms with van der Waals surface area (Å²) >= 11 is 0. The van der Waals surface area contributed by atoms with Crippen molar-refractivity contribution < 1.29 is 19.0 Å². The van der Waals surface area contributed by atoms with E-state index < -0.39 is 5.60 Å². The third-order valence-corrected chi connectivity index (χ3v) is 6.91. The highest BCUT2D eigenvalue weighted by Gasteiger charge is 2.31. The molecule has 1 amide bonds. The molecule has 3 fully saturated rings. The van der Waals surface area contributed by atoms with Gasteiger partial charge in [-0.1, -0.05) is 12.8 Å². The Morgan fingerprint density at radius 2 is 1.65 bits per heavy atom. The summed E-state index contributed by atoms with van der Waals surface area (Å²) in [7, 11) is 3.56. The first-order chi connectivity index (χ1) is 15.8. The van der Waals surface area contributed by atoms with E-state index in [-0.39, 0.29) is 24.5 Å². The molecule has 3 rings (SSSR count). The molecule has 4 atom stereocenters. The largest absolute Gasteiger partial charge is 0.444 e. The van der Waals surface area contributed by atoms with Crippen molar-refractivity contribution in [2.75, 3.05) is 60.2 Å². The lowest BCUT2D eigenvalue weighted by molar-refractivity contribution is 0.0426. The second-order valence-electron chi connectivity index (χ2n) is 11.2. The average Bonchev–Trinajstić information content (AvgIpc) is 2.76. The fraction of sp³-hybridized carbons (Fsp3) is 0.962. The van der Waals surface area contributed by atoms with E-state index in [2.05, 4.69) is 15.5 Å². The van der Waals surface area contributed by atoms with Gasteiger partial charge in [-0.25, -0.2) is 4.79 Å². The normalized spacial score (nSPS) is 28.1. The van der Waals surface area contributed by atoms with E-state index in [4.69, 9.17) is 14.2 Å². The smallest absolute Gasteiger partial charge is 0.407 e. The van der Waals surface area contributed by atoms with E-state index in [9.17, 15) is 4.79 Å². The summed E-state index contributed by atoms with van der Waals surface area (Å²) in [5.74, 6) is 1.96. The molecule has 0 aromatic rings. The number of hydrogen-bond acceptors (Lipinski definition) is 6. The van der Waals surface area contributed by atoms with Crippen molar-refractivity contribution in [2.45, 2.75) is 83.8 Å². The number of methoxy groups -OCH3 is 2. The van der Waals surface area contributed by atoms with Crippen LogP contribution in [-0.2, 0) is 14.2 Å². The maximum atomic E-state index is 12.1. The highest BCUT2D eigenvalue weighted by atomic mass is 35.5. The molecule has 8 heteroatoms. The van der Waals surface area contributed by atoms with Crippen LogP contribution in [0.25, 0.3) is 0 Å². The van der Waals surface area contributed by atoms with Crippen molar-refractivity contribution >= 4 is 18.5 Å². The summed E-state index contributed by atoms with van der Waals surface area (Å²) in [4.78, 5) is 14.7. The minimum absolute atomic E-state index is 0. The van der Waals surface area contributed by atoms with Gasteiger partial charge in [0.25, 0.3) is 0 Å². The molecule has 7 nitrogen and oxygen atoms in total. The van der Waals surface area contributed by atoms with E-state index in [1.54, 1.807) is 14.2 Å². The van der Waals surface area contributed by atoms with Crippen molar-refractivity contribution in [3.05, 3.63) is 0 Å². The Morgan fingerprint density at radius 1 is 0.971 bits per heavy atom. The van der Waals surface area contributed by atoms with Gasteiger partial charge in [0.05, 0.1) is 13.2 Å². The molecule has 2 unspecified atom stereocenters. The maximum absolute atomic E-state index is 12.1. The lowest BCUT2D eigenvalue weighted by Crippen LogP contribution is -2.49. The van der Waals surface area contributed by atoms with Gasteiger partial charge >= 0.3 is 6.09 Å². The summed E-state index contributed by atoms with van der Waals surface area (Å²) < 4.78 is 15.8. The molecule has 2 aliphatic heterocycles. The summed E-state index contributed by atoms with van der Waals surface area (Å²) in [6.07, 6.45) is 9.64. The minimum atomic E-state index is -0.436. The highest BCUT2D eigenvalue weighted by molar-refractivity contribution is 5.85. The van der Waals surface area contributed by atoms with Crippen molar-refractivity contribution in [1.29, 1.82) is 0 Å². The van der Waals surface area contributed by atoms with Crippen LogP contribution in [0.4, 0.5) is 4.79 Å². The van der Waals surface area contributed by atoms with Crippen LogP contribution in [0.2, 0.25) is 0 Å². The monoisotopic (exact) mass is 505 g/mol. The number of piperidine rings is 2. The first kappa shape index (κ1) is 31.4. The lowest BCUT2D eigenvalue weighted by Gasteiger charge is -2.39. The van der Waals surface area contributed by atoms with Crippen LogP contribution in [0.1, 0.15) is 72.1 Å². The van der Waals surface area contributed by atoms with E-state index in [0.29, 0.717) is 11.8 Å². The fourth-order valence-electron chi connectivity index (χ4n) is 5.40. The van der Waals surface area contributed by atoms with Crippen LogP contribution < -0.4 is 10.6 Å². The lowest BCUT2D eigenvalue weighted by atomic mass is 9.83. The molecule has 0 aromatic carbocycles. The molecule has 0 aromatic heterocycles. The Hall–Kier alpha value is -0.600. The number of likely N-dealkylation sites (tertiary alicyclic amines) is 1. The van der Waals surface area contributed by atoms with E-state index in [0.717, 1.165) is 45.2 Å². The Balaban J connectivity index is 0.000000486. The van der Waals surface area contributed by atoms with Crippen molar-refractivity contribution in [1.82, 2.24) is 15.5 Å². The van der Waals surface area contributed by atoms with Crippen LogP contribution >= 0.6 is 12.4 Å². The molecule has 2 saturated heterocycles. The molecule has 2 heterocycles. The Kier molecular flexibility index (Phi) is 15.7. The van der Waals surface area contributed by atoms with Crippen LogP contribution in [-0.4, -0.2) is 82.8 Å². The van der Waals surface area contributed by atoms with Gasteiger partial charge in [0, 0.05) is 39.9 Å². The van der Waals surface area contributed by atoms with Gasteiger partial charge in [-0.2, -0.15) is 0 Å². The van der Waals surface area contributed by atoms with Crippen molar-refractivity contribution in [3.8, 4) is 0 Å². The van der Waals surface area contributed by atoms with Gasteiger partial charge in [0.1, 0.15) is 5.60 Å². The molecule has 1 saturated carbocycles. The molecule has 3 aliphatic rings. The second-order valence-corrected chi connectivity index (χ2v) is 11.2. The number of amides is 1. The second kappa shape index (κ2) is 17.0. The predicted octanol–water partition coefficient (Wildman–Crippen LogP) is 4.48. The third kappa shape index (κ3) is 12.9. The van der Waals surface area contributed by atoms with Gasteiger partial charge in [0.2, 0.25) is 0 Å². The number of rotatable bonds is 7. The standard InChI is InChI=1S/C19H36N2O3.C7H15NO.ClH/c1-19(2,3)24-18(22)20-17-10-6-5-9-16(17)13-21-11-7-8-15(12-21)14-23-4;1-9-6-7-3-2-4-8-5-7;/h15-17H,5-14H2,1-4H3,(H,20,22);7-8H,2-6H2,1H3;1H/t15?,16-,17+;;/m0../s1. The van der Waals surface area contributed by atoms with E-state index >= 15 is 0 Å². The van der Waals surface area contributed by atoms with E-state index in [1.807, 2.05) is 20.8 Å². The zero-order valence-corrected chi connectivity index (χ0v) is 23.2. The van der Waals surface area contributed by atoms with Gasteiger partial charge < -0.3 is 29.7 Å². The number of nitrogens with one attached hydrogen (secondary N) is 2. The van der Waals surface area contributed by atoms with Gasteiger partial charge in [-0.05, 0) is 90.1 Å². The fourth-order valence-corrected chi connectivity index (χ4v) is 5.40. The van der Waals surface area contributed by atoms with Crippen LogP contribution in [0.15, 0.2) is 0 Å². The molecule has 34 heavy (non-hydrogen) atoms.